The van der Waals surface area contributed by atoms with E-state index in [-0.39, 0.29) is 12.2 Å². The zero-order valence-corrected chi connectivity index (χ0v) is 13.2. The lowest BCUT2D eigenvalue weighted by atomic mass is 9.67. The Kier molecular flexibility index (Phi) is 4.84. The van der Waals surface area contributed by atoms with Gasteiger partial charge in [0.25, 0.3) is 0 Å². The molecule has 1 N–H and O–H groups in total. The lowest BCUT2D eigenvalue weighted by Crippen LogP contribution is -2.37. The minimum atomic E-state index is -0.798. The molecule has 2 rings (SSSR count). The van der Waals surface area contributed by atoms with E-state index in [0.29, 0.717) is 24.3 Å². The van der Waals surface area contributed by atoms with Crippen LogP contribution in [0.2, 0.25) is 0 Å². The van der Waals surface area contributed by atoms with Gasteiger partial charge in [0.05, 0.1) is 5.41 Å². The highest BCUT2D eigenvalue weighted by Gasteiger charge is 2.42. The fourth-order valence-electron chi connectivity index (χ4n) is 3.15. The first-order valence-corrected chi connectivity index (χ1v) is 7.93. The molecule has 1 fully saturated rings. The molecule has 0 unspecified atom stereocenters. The SMILES string of the molecule is CCC1CCC(Cc2cc(Br)ccc2F)(C(=O)O)CC1. The molecule has 1 saturated carbocycles. The average molecular weight is 343 g/mol. The third-order valence-electron chi connectivity index (χ3n) is 4.63. The van der Waals surface area contributed by atoms with Crippen LogP contribution in [0.1, 0.15) is 44.6 Å². The number of carboxylic acid groups (broad SMARTS) is 1. The third-order valence-corrected chi connectivity index (χ3v) is 5.12. The molecular formula is C16H20BrFO2. The Morgan fingerprint density at radius 1 is 1.45 bits per heavy atom. The molecular weight excluding hydrogens is 323 g/mol. The second-order valence-corrected chi connectivity index (χ2v) is 6.77. The highest BCUT2D eigenvalue weighted by Crippen LogP contribution is 2.43. The van der Waals surface area contributed by atoms with Crippen molar-refractivity contribution in [2.45, 2.75) is 45.4 Å². The molecule has 20 heavy (non-hydrogen) atoms. The van der Waals surface area contributed by atoms with Gasteiger partial charge in [-0.1, -0.05) is 29.3 Å². The maximum absolute atomic E-state index is 13.9. The maximum atomic E-state index is 13.9. The van der Waals surface area contributed by atoms with Gasteiger partial charge in [0.2, 0.25) is 0 Å². The van der Waals surface area contributed by atoms with Gasteiger partial charge in [-0.3, -0.25) is 4.79 Å². The quantitative estimate of drug-likeness (QED) is 0.852. The molecule has 1 aliphatic rings. The molecule has 0 atom stereocenters. The summed E-state index contributed by atoms with van der Waals surface area (Å²) in [5.41, 5.74) is -0.301. The summed E-state index contributed by atoms with van der Waals surface area (Å²) in [5, 5.41) is 9.64. The minimum absolute atomic E-state index is 0.282. The molecule has 0 spiro atoms. The Hall–Kier alpha value is -0.900. The van der Waals surface area contributed by atoms with E-state index in [4.69, 9.17) is 0 Å². The first-order chi connectivity index (χ1) is 9.47. The number of carboxylic acids is 1. The Balaban J connectivity index is 2.22. The summed E-state index contributed by atoms with van der Waals surface area (Å²) in [5.74, 6) is -0.479. The number of rotatable bonds is 4. The van der Waals surface area contributed by atoms with Crippen molar-refractivity contribution in [3.63, 3.8) is 0 Å². The van der Waals surface area contributed by atoms with Crippen LogP contribution >= 0.6 is 15.9 Å². The van der Waals surface area contributed by atoms with Crippen LogP contribution < -0.4 is 0 Å². The fraction of sp³-hybridized carbons (Fsp3) is 0.562. The molecule has 110 valence electrons. The van der Waals surface area contributed by atoms with Crippen LogP contribution in [0, 0.1) is 17.2 Å². The van der Waals surface area contributed by atoms with Crippen molar-refractivity contribution in [3.05, 3.63) is 34.1 Å². The summed E-state index contributed by atoms with van der Waals surface area (Å²) in [4.78, 5) is 11.7. The summed E-state index contributed by atoms with van der Waals surface area (Å²) in [6.45, 7) is 2.15. The molecule has 1 aliphatic carbocycles. The Bertz CT molecular complexity index is 493. The van der Waals surface area contributed by atoms with E-state index < -0.39 is 11.4 Å². The lowest BCUT2D eigenvalue weighted by molar-refractivity contribution is -0.151. The van der Waals surface area contributed by atoms with Gasteiger partial charge in [-0.2, -0.15) is 0 Å². The van der Waals surface area contributed by atoms with Gasteiger partial charge in [-0.05, 0) is 61.8 Å². The molecule has 0 heterocycles. The van der Waals surface area contributed by atoms with E-state index in [9.17, 15) is 14.3 Å². The van der Waals surface area contributed by atoms with Gasteiger partial charge in [0, 0.05) is 4.47 Å². The second-order valence-electron chi connectivity index (χ2n) is 5.85. The van der Waals surface area contributed by atoms with E-state index in [1.807, 2.05) is 0 Å². The number of benzene rings is 1. The van der Waals surface area contributed by atoms with Crippen LogP contribution in [0.5, 0.6) is 0 Å². The predicted octanol–water partition coefficient (Wildman–Crippen LogP) is 4.80. The minimum Gasteiger partial charge on any atom is -0.481 e. The van der Waals surface area contributed by atoms with Crippen LogP contribution in [0.3, 0.4) is 0 Å². The number of aliphatic carboxylic acids is 1. The van der Waals surface area contributed by atoms with Crippen molar-refractivity contribution >= 4 is 21.9 Å². The summed E-state index contributed by atoms with van der Waals surface area (Å²) in [6.07, 6.45) is 4.53. The van der Waals surface area contributed by atoms with Gasteiger partial charge in [0.15, 0.2) is 0 Å². The van der Waals surface area contributed by atoms with Gasteiger partial charge < -0.3 is 5.11 Å². The Morgan fingerprint density at radius 2 is 2.10 bits per heavy atom. The normalized spacial score (nSPS) is 26.4. The van der Waals surface area contributed by atoms with Gasteiger partial charge in [-0.25, -0.2) is 4.39 Å². The molecule has 0 saturated heterocycles. The van der Waals surface area contributed by atoms with Crippen LogP contribution in [0.4, 0.5) is 4.39 Å². The Morgan fingerprint density at radius 3 is 2.65 bits per heavy atom. The monoisotopic (exact) mass is 342 g/mol. The van der Waals surface area contributed by atoms with Crippen LogP contribution in [0.25, 0.3) is 0 Å². The molecule has 0 bridgehead atoms. The highest BCUT2D eigenvalue weighted by atomic mass is 79.9. The molecule has 0 aromatic heterocycles. The van der Waals surface area contributed by atoms with Crippen molar-refractivity contribution in [1.29, 1.82) is 0 Å². The van der Waals surface area contributed by atoms with Gasteiger partial charge in [0.1, 0.15) is 5.82 Å². The van der Waals surface area contributed by atoms with Crippen molar-refractivity contribution in [2.24, 2.45) is 11.3 Å². The molecule has 1 aromatic carbocycles. The summed E-state index contributed by atoms with van der Waals surface area (Å²) in [7, 11) is 0. The van der Waals surface area contributed by atoms with Crippen molar-refractivity contribution < 1.29 is 14.3 Å². The topological polar surface area (TPSA) is 37.3 Å². The standard InChI is InChI=1S/C16H20BrFO2/c1-2-11-5-7-16(8-6-11,15(19)20)10-12-9-13(17)3-4-14(12)18/h3-4,9,11H,2,5-8,10H2,1H3,(H,19,20). The molecule has 2 nitrogen and oxygen atoms in total. The van der Waals surface area contributed by atoms with Crippen LogP contribution in [-0.2, 0) is 11.2 Å². The summed E-state index contributed by atoms with van der Waals surface area (Å²) >= 11 is 3.32. The predicted molar refractivity (Wildman–Crippen MR) is 80.1 cm³/mol. The van der Waals surface area contributed by atoms with Crippen molar-refractivity contribution in [2.75, 3.05) is 0 Å². The number of hydrogen-bond donors (Lipinski definition) is 1. The van der Waals surface area contributed by atoms with E-state index >= 15 is 0 Å². The zero-order valence-electron chi connectivity index (χ0n) is 11.7. The molecule has 0 aliphatic heterocycles. The molecule has 1 aromatic rings. The third kappa shape index (κ3) is 3.22. The lowest BCUT2D eigenvalue weighted by Gasteiger charge is -2.36. The van der Waals surface area contributed by atoms with Crippen LogP contribution in [0.15, 0.2) is 22.7 Å². The first kappa shape index (κ1) is 15.5. The van der Waals surface area contributed by atoms with E-state index in [1.54, 1.807) is 12.1 Å². The largest absolute Gasteiger partial charge is 0.481 e. The van der Waals surface area contributed by atoms with Gasteiger partial charge >= 0.3 is 5.97 Å². The molecule has 0 amide bonds. The van der Waals surface area contributed by atoms with E-state index in [0.717, 1.165) is 23.7 Å². The van der Waals surface area contributed by atoms with Crippen LogP contribution in [-0.4, -0.2) is 11.1 Å². The first-order valence-electron chi connectivity index (χ1n) is 7.14. The smallest absolute Gasteiger partial charge is 0.309 e. The Labute approximate surface area is 127 Å². The number of halogens is 2. The van der Waals surface area contributed by atoms with E-state index in [2.05, 4.69) is 22.9 Å². The zero-order chi connectivity index (χ0) is 14.8. The summed E-state index contributed by atoms with van der Waals surface area (Å²) in [6, 6.07) is 4.73. The van der Waals surface area contributed by atoms with Crippen molar-refractivity contribution in [1.82, 2.24) is 0 Å². The fourth-order valence-corrected chi connectivity index (χ4v) is 3.56. The van der Waals surface area contributed by atoms with Gasteiger partial charge in [-0.15, -0.1) is 0 Å². The average Bonchev–Trinajstić information content (AvgIpc) is 2.43. The highest BCUT2D eigenvalue weighted by molar-refractivity contribution is 9.10. The number of carbonyl (C=O) groups is 1. The number of hydrogen-bond acceptors (Lipinski definition) is 1. The maximum Gasteiger partial charge on any atom is 0.309 e. The van der Waals surface area contributed by atoms with E-state index in [1.165, 1.54) is 6.07 Å². The second kappa shape index (κ2) is 6.25. The molecule has 0 radical (unpaired) electrons. The summed E-state index contributed by atoms with van der Waals surface area (Å²) < 4.78 is 14.7. The molecule has 4 heteroatoms. The van der Waals surface area contributed by atoms with Crippen molar-refractivity contribution in [3.8, 4) is 0 Å².